The minimum Gasteiger partial charge on any atom is -0.466 e. The normalized spacial score (nSPS) is 15.6. The largest absolute Gasteiger partial charge is 0.466 e. The smallest absolute Gasteiger partial charge is 0.336 e. The summed E-state index contributed by atoms with van der Waals surface area (Å²) >= 11 is 1.49. The van der Waals surface area contributed by atoms with Gasteiger partial charge in [-0.2, -0.15) is 0 Å². The Kier molecular flexibility index (Phi) is 4.38. The van der Waals surface area contributed by atoms with Crippen LogP contribution in [-0.2, 0) is 19.1 Å². The highest BCUT2D eigenvalue weighted by Crippen LogP contribution is 2.41. The van der Waals surface area contributed by atoms with Gasteiger partial charge in [-0.05, 0) is 20.8 Å². The molecule has 1 aliphatic heterocycles. The molecule has 25 heavy (non-hydrogen) atoms. The zero-order chi connectivity index (χ0) is 18.3. The van der Waals surface area contributed by atoms with Crippen molar-refractivity contribution in [2.75, 3.05) is 14.2 Å². The van der Waals surface area contributed by atoms with Crippen LogP contribution >= 0.6 is 11.3 Å². The number of ether oxygens (including phenoxy) is 2. The number of carbonyl (C=O) groups is 2. The van der Waals surface area contributed by atoms with Crippen LogP contribution in [0.1, 0.15) is 31.2 Å². The molecule has 0 aliphatic carbocycles. The van der Waals surface area contributed by atoms with Crippen molar-refractivity contribution in [1.29, 1.82) is 0 Å². The molecule has 2 aromatic rings. The zero-order valence-electron chi connectivity index (χ0n) is 14.7. The van der Waals surface area contributed by atoms with E-state index in [0.717, 1.165) is 16.3 Å². The maximum atomic E-state index is 12.5. The van der Waals surface area contributed by atoms with Gasteiger partial charge in [0.1, 0.15) is 0 Å². The summed E-state index contributed by atoms with van der Waals surface area (Å²) in [6.45, 7) is 5.45. The van der Waals surface area contributed by atoms with Crippen molar-refractivity contribution in [1.82, 2.24) is 14.7 Å². The lowest BCUT2D eigenvalue weighted by atomic mass is 9.82. The summed E-state index contributed by atoms with van der Waals surface area (Å²) in [5.41, 5.74) is 3.56. The first-order valence-corrected chi connectivity index (χ1v) is 8.55. The van der Waals surface area contributed by atoms with Gasteiger partial charge in [-0.3, -0.25) is 4.40 Å². The van der Waals surface area contributed by atoms with E-state index in [1.807, 2.05) is 22.9 Å². The summed E-state index contributed by atoms with van der Waals surface area (Å²) in [7, 11) is 2.65. The van der Waals surface area contributed by atoms with Crippen LogP contribution in [0, 0.1) is 6.92 Å². The molecule has 0 atom stereocenters. The molecule has 0 bridgehead atoms. The second-order valence-corrected chi connectivity index (χ2v) is 6.63. The number of esters is 2. The van der Waals surface area contributed by atoms with Crippen molar-refractivity contribution in [3.05, 3.63) is 45.5 Å². The Morgan fingerprint density at radius 3 is 2.20 bits per heavy atom. The van der Waals surface area contributed by atoms with Crippen LogP contribution in [0.15, 0.2) is 34.1 Å². The molecule has 3 rings (SSSR count). The predicted octanol–water partition coefficient (Wildman–Crippen LogP) is 2.29. The van der Waals surface area contributed by atoms with Gasteiger partial charge in [0, 0.05) is 23.0 Å². The van der Waals surface area contributed by atoms with E-state index < -0.39 is 17.9 Å². The molecule has 0 saturated carbocycles. The summed E-state index contributed by atoms with van der Waals surface area (Å²) in [5, 5.41) is 5.01. The maximum absolute atomic E-state index is 12.5. The summed E-state index contributed by atoms with van der Waals surface area (Å²) < 4.78 is 11.9. The van der Waals surface area contributed by atoms with Crippen LogP contribution in [0.4, 0.5) is 0 Å². The molecule has 3 heterocycles. The second kappa shape index (κ2) is 6.36. The molecule has 7 nitrogen and oxygen atoms in total. The number of imidazole rings is 1. The molecule has 0 amide bonds. The molecule has 0 spiro atoms. The molecule has 0 saturated heterocycles. The number of thiazole rings is 1. The van der Waals surface area contributed by atoms with Gasteiger partial charge in [0.2, 0.25) is 0 Å². The Labute approximate surface area is 149 Å². The van der Waals surface area contributed by atoms with E-state index in [1.165, 1.54) is 25.6 Å². The number of dihydropyridines is 1. The van der Waals surface area contributed by atoms with Crippen molar-refractivity contribution < 1.29 is 19.1 Å². The monoisotopic (exact) mass is 361 g/mol. The molecule has 2 aromatic heterocycles. The Morgan fingerprint density at radius 2 is 1.68 bits per heavy atom. The number of carbonyl (C=O) groups excluding carboxylic acids is 2. The van der Waals surface area contributed by atoms with Crippen molar-refractivity contribution in [2.24, 2.45) is 0 Å². The number of rotatable bonds is 3. The summed E-state index contributed by atoms with van der Waals surface area (Å²) in [6.07, 6.45) is 1.88. The first-order chi connectivity index (χ1) is 11.9. The van der Waals surface area contributed by atoms with Crippen LogP contribution in [-0.4, -0.2) is 35.5 Å². The fraction of sp³-hybridized carbons (Fsp3) is 0.353. The van der Waals surface area contributed by atoms with Crippen molar-refractivity contribution >= 4 is 28.2 Å². The summed E-state index contributed by atoms with van der Waals surface area (Å²) in [6, 6.07) is 0. The van der Waals surface area contributed by atoms with Crippen LogP contribution in [0.25, 0.3) is 4.96 Å². The quantitative estimate of drug-likeness (QED) is 0.845. The van der Waals surface area contributed by atoms with E-state index in [-0.39, 0.29) is 0 Å². The van der Waals surface area contributed by atoms with Gasteiger partial charge >= 0.3 is 11.9 Å². The highest BCUT2D eigenvalue weighted by molar-refractivity contribution is 7.15. The SMILES string of the molecule is COC(=O)C1=C(C)NC(C)=C(C(=O)OC)C1c1c(C)nc2sccn12. The molecule has 132 valence electrons. The number of hydrogen-bond donors (Lipinski definition) is 1. The second-order valence-electron chi connectivity index (χ2n) is 5.76. The Bertz CT molecular complexity index is 897. The fourth-order valence-electron chi connectivity index (χ4n) is 3.29. The van der Waals surface area contributed by atoms with E-state index >= 15 is 0 Å². The number of nitrogens with one attached hydrogen (secondary N) is 1. The lowest BCUT2D eigenvalue weighted by Gasteiger charge is -2.29. The topological polar surface area (TPSA) is 81.9 Å². The van der Waals surface area contributed by atoms with Gasteiger partial charge in [0.15, 0.2) is 4.96 Å². The minimum atomic E-state index is -0.620. The Morgan fingerprint density at radius 1 is 1.12 bits per heavy atom. The van der Waals surface area contributed by atoms with E-state index in [2.05, 4.69) is 10.3 Å². The average Bonchev–Trinajstić information content (AvgIpc) is 3.12. The van der Waals surface area contributed by atoms with Crippen molar-refractivity contribution in [3.8, 4) is 0 Å². The van der Waals surface area contributed by atoms with Crippen LogP contribution < -0.4 is 5.32 Å². The highest BCUT2D eigenvalue weighted by atomic mass is 32.1. The molecular weight excluding hydrogens is 342 g/mol. The predicted molar refractivity (Wildman–Crippen MR) is 93.1 cm³/mol. The Hall–Kier alpha value is -2.61. The number of aromatic nitrogens is 2. The molecule has 0 radical (unpaired) electrons. The van der Waals surface area contributed by atoms with Crippen LogP contribution in [0.2, 0.25) is 0 Å². The van der Waals surface area contributed by atoms with Crippen molar-refractivity contribution in [2.45, 2.75) is 26.7 Å². The number of fused-ring (bicyclic) bond motifs is 1. The maximum Gasteiger partial charge on any atom is 0.336 e. The van der Waals surface area contributed by atoms with Gasteiger partial charge < -0.3 is 14.8 Å². The first kappa shape index (κ1) is 17.2. The average molecular weight is 361 g/mol. The molecule has 1 N–H and O–H groups in total. The molecular formula is C17H19N3O4S. The lowest BCUT2D eigenvalue weighted by molar-refractivity contribution is -0.137. The van der Waals surface area contributed by atoms with Gasteiger partial charge in [-0.15, -0.1) is 11.3 Å². The van der Waals surface area contributed by atoms with Gasteiger partial charge in [-0.1, -0.05) is 0 Å². The molecule has 0 unspecified atom stereocenters. The van der Waals surface area contributed by atoms with Crippen LogP contribution in [0.5, 0.6) is 0 Å². The number of nitrogens with zero attached hydrogens (tertiary/aromatic N) is 2. The molecule has 0 aromatic carbocycles. The number of methoxy groups -OCH3 is 2. The van der Waals surface area contributed by atoms with Crippen LogP contribution in [0.3, 0.4) is 0 Å². The Balaban J connectivity index is 2.33. The first-order valence-electron chi connectivity index (χ1n) is 7.67. The summed E-state index contributed by atoms with van der Waals surface area (Å²) in [5.74, 6) is -1.60. The minimum absolute atomic E-state index is 0.379. The standard InChI is InChI=1S/C17H19N3O4S/c1-8-11(15(21)23-4)13(12(9(2)18-8)16(22)24-5)14-10(3)19-17-20(14)6-7-25-17/h6-7,13,18H,1-5H3. The zero-order valence-corrected chi connectivity index (χ0v) is 15.5. The number of allylic oxidation sites excluding steroid dienone is 2. The fourth-order valence-corrected chi connectivity index (χ4v) is 4.05. The summed E-state index contributed by atoms with van der Waals surface area (Å²) in [4.78, 5) is 30.4. The number of aryl methyl sites for hydroxylation is 1. The van der Waals surface area contributed by atoms with E-state index in [4.69, 9.17) is 9.47 Å². The molecule has 0 fully saturated rings. The van der Waals surface area contributed by atoms with Crippen molar-refractivity contribution in [3.63, 3.8) is 0 Å². The number of hydrogen-bond acceptors (Lipinski definition) is 7. The van der Waals surface area contributed by atoms with Gasteiger partial charge in [-0.25, -0.2) is 14.6 Å². The van der Waals surface area contributed by atoms with E-state index in [1.54, 1.807) is 13.8 Å². The van der Waals surface area contributed by atoms with E-state index in [0.29, 0.717) is 22.5 Å². The lowest BCUT2D eigenvalue weighted by Crippen LogP contribution is -2.32. The van der Waals surface area contributed by atoms with Gasteiger partial charge in [0.05, 0.1) is 42.7 Å². The van der Waals surface area contributed by atoms with Gasteiger partial charge in [0.25, 0.3) is 0 Å². The third kappa shape index (κ3) is 2.62. The third-order valence-corrected chi connectivity index (χ3v) is 5.08. The van der Waals surface area contributed by atoms with E-state index in [9.17, 15) is 9.59 Å². The third-order valence-electron chi connectivity index (χ3n) is 4.33. The molecule has 8 heteroatoms. The highest BCUT2D eigenvalue weighted by Gasteiger charge is 2.40. The molecule has 1 aliphatic rings.